The summed E-state index contributed by atoms with van der Waals surface area (Å²) in [7, 11) is 7.78. The van der Waals surface area contributed by atoms with Gasteiger partial charge >= 0.3 is 6.03 Å². The highest BCUT2D eigenvalue weighted by Crippen LogP contribution is 2.17. The number of hydrogen-bond acceptors (Lipinski definition) is 4. The van der Waals surface area contributed by atoms with E-state index in [2.05, 4.69) is 29.2 Å². The van der Waals surface area contributed by atoms with Crippen LogP contribution in [0.4, 0.5) is 10.5 Å². The van der Waals surface area contributed by atoms with Crippen LogP contribution in [0.15, 0.2) is 24.3 Å². The van der Waals surface area contributed by atoms with Crippen LogP contribution in [0, 0.1) is 0 Å². The molecular formula is C18H30N4O2. The number of rotatable bonds is 6. The number of hydrogen-bond donors (Lipinski definition) is 1. The van der Waals surface area contributed by atoms with Crippen LogP contribution in [0.3, 0.4) is 0 Å². The number of amides is 2. The molecule has 0 aromatic heterocycles. The minimum atomic E-state index is -0.0972. The Morgan fingerprint density at radius 2 is 2.00 bits per heavy atom. The summed E-state index contributed by atoms with van der Waals surface area (Å²) >= 11 is 0. The molecule has 1 N–H and O–H groups in total. The number of nitrogens with one attached hydrogen (secondary N) is 1. The number of benzene rings is 1. The first-order valence-corrected chi connectivity index (χ1v) is 8.54. The number of ether oxygens (including phenoxy) is 1. The quantitative estimate of drug-likeness (QED) is 0.866. The van der Waals surface area contributed by atoms with Crippen molar-refractivity contribution in [2.75, 3.05) is 59.7 Å². The SMILES string of the molecule is COc1cccc(NC(=O)N(C)CCN(C)C2CCN(C)CC2)c1. The van der Waals surface area contributed by atoms with E-state index in [1.54, 1.807) is 12.0 Å². The number of anilines is 1. The molecule has 134 valence electrons. The number of piperidine rings is 1. The largest absolute Gasteiger partial charge is 0.497 e. The first-order chi connectivity index (χ1) is 11.5. The van der Waals surface area contributed by atoms with Crippen molar-refractivity contribution in [3.05, 3.63) is 24.3 Å². The smallest absolute Gasteiger partial charge is 0.321 e. The van der Waals surface area contributed by atoms with Crippen molar-refractivity contribution < 1.29 is 9.53 Å². The van der Waals surface area contributed by atoms with Gasteiger partial charge in [-0.15, -0.1) is 0 Å². The Balaban J connectivity index is 1.76. The number of carbonyl (C=O) groups is 1. The van der Waals surface area contributed by atoms with Crippen molar-refractivity contribution >= 4 is 11.7 Å². The lowest BCUT2D eigenvalue weighted by Crippen LogP contribution is -2.45. The molecule has 2 rings (SSSR count). The fraction of sp³-hybridized carbons (Fsp3) is 0.611. The molecule has 0 saturated carbocycles. The number of urea groups is 1. The predicted molar refractivity (Wildman–Crippen MR) is 97.8 cm³/mol. The first-order valence-electron chi connectivity index (χ1n) is 8.54. The zero-order valence-corrected chi connectivity index (χ0v) is 15.3. The molecule has 0 atom stereocenters. The molecule has 1 aliphatic heterocycles. The highest BCUT2D eigenvalue weighted by Gasteiger charge is 2.21. The third kappa shape index (κ3) is 5.39. The van der Waals surface area contributed by atoms with Gasteiger partial charge < -0.3 is 24.8 Å². The van der Waals surface area contributed by atoms with Crippen LogP contribution in [0.25, 0.3) is 0 Å². The Hall–Kier alpha value is -1.79. The first kappa shape index (κ1) is 18.5. The molecule has 1 aromatic rings. The number of likely N-dealkylation sites (N-methyl/N-ethyl adjacent to an activating group) is 2. The van der Waals surface area contributed by atoms with E-state index < -0.39 is 0 Å². The molecular weight excluding hydrogens is 304 g/mol. The van der Waals surface area contributed by atoms with Gasteiger partial charge in [-0.3, -0.25) is 0 Å². The van der Waals surface area contributed by atoms with Gasteiger partial charge in [-0.05, 0) is 52.2 Å². The number of nitrogens with zero attached hydrogens (tertiary/aromatic N) is 3. The van der Waals surface area contributed by atoms with E-state index in [4.69, 9.17) is 4.74 Å². The zero-order chi connectivity index (χ0) is 17.5. The molecule has 24 heavy (non-hydrogen) atoms. The van der Waals surface area contributed by atoms with Crippen LogP contribution in [-0.4, -0.2) is 81.2 Å². The molecule has 6 heteroatoms. The van der Waals surface area contributed by atoms with E-state index in [-0.39, 0.29) is 6.03 Å². The molecule has 1 fully saturated rings. The summed E-state index contributed by atoms with van der Waals surface area (Å²) in [6.45, 7) is 3.90. The molecule has 0 unspecified atom stereocenters. The molecule has 1 saturated heterocycles. The average Bonchev–Trinajstić information content (AvgIpc) is 2.60. The average molecular weight is 334 g/mol. The van der Waals surface area contributed by atoms with Crippen molar-refractivity contribution in [1.82, 2.24) is 14.7 Å². The maximum atomic E-state index is 12.3. The molecule has 0 spiro atoms. The predicted octanol–water partition coefficient (Wildman–Crippen LogP) is 2.18. The second kappa shape index (κ2) is 8.89. The summed E-state index contributed by atoms with van der Waals surface area (Å²) in [5.74, 6) is 0.734. The van der Waals surface area contributed by atoms with Crippen molar-refractivity contribution in [2.24, 2.45) is 0 Å². The Kier molecular flexibility index (Phi) is 6.87. The second-order valence-electron chi connectivity index (χ2n) is 6.60. The van der Waals surface area contributed by atoms with Crippen LogP contribution in [0.5, 0.6) is 5.75 Å². The minimum absolute atomic E-state index is 0.0972. The van der Waals surface area contributed by atoms with Gasteiger partial charge in [-0.2, -0.15) is 0 Å². The van der Waals surface area contributed by atoms with Crippen molar-refractivity contribution in [2.45, 2.75) is 18.9 Å². The topological polar surface area (TPSA) is 48.1 Å². The zero-order valence-electron chi connectivity index (χ0n) is 15.3. The highest BCUT2D eigenvalue weighted by molar-refractivity contribution is 5.89. The third-order valence-corrected chi connectivity index (χ3v) is 4.77. The minimum Gasteiger partial charge on any atom is -0.497 e. The number of likely N-dealkylation sites (tertiary alicyclic amines) is 1. The molecule has 0 bridgehead atoms. The molecule has 0 aliphatic carbocycles. The van der Waals surface area contributed by atoms with Gasteiger partial charge in [0.1, 0.15) is 5.75 Å². The highest BCUT2D eigenvalue weighted by atomic mass is 16.5. The van der Waals surface area contributed by atoms with Crippen molar-refractivity contribution in [3.63, 3.8) is 0 Å². The normalized spacial score (nSPS) is 16.2. The lowest BCUT2D eigenvalue weighted by Gasteiger charge is -2.35. The van der Waals surface area contributed by atoms with Crippen LogP contribution in [-0.2, 0) is 0 Å². The van der Waals surface area contributed by atoms with Crippen molar-refractivity contribution in [1.29, 1.82) is 0 Å². The molecule has 1 aliphatic rings. The lowest BCUT2D eigenvalue weighted by molar-refractivity contribution is 0.136. The summed E-state index contributed by atoms with van der Waals surface area (Å²) in [6, 6.07) is 7.92. The lowest BCUT2D eigenvalue weighted by atomic mass is 10.0. The van der Waals surface area contributed by atoms with Crippen LogP contribution in [0.1, 0.15) is 12.8 Å². The van der Waals surface area contributed by atoms with E-state index in [9.17, 15) is 4.79 Å². The maximum absolute atomic E-state index is 12.3. The maximum Gasteiger partial charge on any atom is 0.321 e. The van der Waals surface area contributed by atoms with Gasteiger partial charge in [0.05, 0.1) is 7.11 Å². The van der Waals surface area contributed by atoms with Gasteiger partial charge in [-0.25, -0.2) is 4.79 Å². The van der Waals surface area contributed by atoms with Gasteiger partial charge in [0, 0.05) is 37.9 Å². The third-order valence-electron chi connectivity index (χ3n) is 4.77. The van der Waals surface area contributed by atoms with Gasteiger partial charge in [0.25, 0.3) is 0 Å². The fourth-order valence-electron chi connectivity index (χ4n) is 2.95. The van der Waals surface area contributed by atoms with E-state index in [1.807, 2.05) is 31.3 Å². The fourth-order valence-corrected chi connectivity index (χ4v) is 2.95. The van der Waals surface area contributed by atoms with Crippen molar-refractivity contribution in [3.8, 4) is 5.75 Å². The summed E-state index contributed by atoms with van der Waals surface area (Å²) in [5.41, 5.74) is 0.745. The van der Waals surface area contributed by atoms with E-state index in [1.165, 1.54) is 12.8 Å². The standard InChI is InChI=1S/C18H30N4O2/c1-20-10-8-16(9-11-20)21(2)12-13-22(3)18(23)19-15-6-5-7-17(14-15)24-4/h5-7,14,16H,8-13H2,1-4H3,(H,19,23). The number of methoxy groups -OCH3 is 1. The Labute approximate surface area is 145 Å². The molecule has 6 nitrogen and oxygen atoms in total. The van der Waals surface area contributed by atoms with E-state index in [0.717, 1.165) is 31.1 Å². The summed E-state index contributed by atoms with van der Waals surface area (Å²) < 4.78 is 5.18. The molecule has 0 radical (unpaired) electrons. The molecule has 1 aromatic carbocycles. The number of carbonyl (C=O) groups excluding carboxylic acids is 1. The van der Waals surface area contributed by atoms with Crippen LogP contribution >= 0.6 is 0 Å². The summed E-state index contributed by atoms with van der Waals surface area (Å²) in [5, 5.41) is 2.91. The monoisotopic (exact) mass is 334 g/mol. The Morgan fingerprint density at radius 3 is 2.67 bits per heavy atom. The van der Waals surface area contributed by atoms with Crippen LogP contribution < -0.4 is 10.1 Å². The summed E-state index contributed by atoms with van der Waals surface area (Å²) in [4.78, 5) is 18.8. The Morgan fingerprint density at radius 1 is 1.29 bits per heavy atom. The van der Waals surface area contributed by atoms with E-state index in [0.29, 0.717) is 12.6 Å². The van der Waals surface area contributed by atoms with Crippen LogP contribution in [0.2, 0.25) is 0 Å². The van der Waals surface area contributed by atoms with E-state index >= 15 is 0 Å². The van der Waals surface area contributed by atoms with Gasteiger partial charge in [0.15, 0.2) is 0 Å². The summed E-state index contributed by atoms with van der Waals surface area (Å²) in [6.07, 6.45) is 2.40. The van der Waals surface area contributed by atoms with Gasteiger partial charge in [-0.1, -0.05) is 6.07 Å². The second-order valence-corrected chi connectivity index (χ2v) is 6.60. The molecule has 2 amide bonds. The Bertz CT molecular complexity index is 530. The molecule has 1 heterocycles. The van der Waals surface area contributed by atoms with Gasteiger partial charge in [0.2, 0.25) is 0 Å².